The Morgan fingerprint density at radius 3 is 2.68 bits per heavy atom. The molecule has 1 heterocycles. The first-order valence-corrected chi connectivity index (χ1v) is 6.80. The van der Waals surface area contributed by atoms with Crippen LogP contribution in [0.3, 0.4) is 0 Å². The van der Waals surface area contributed by atoms with Gasteiger partial charge in [0.2, 0.25) is 0 Å². The molecule has 5 heteroatoms. The Labute approximate surface area is 116 Å². The second kappa shape index (κ2) is 5.95. The average molecular weight is 276 g/mol. The number of hydroxylamine groups is 2. The van der Waals surface area contributed by atoms with Gasteiger partial charge < -0.3 is 0 Å². The number of hydrogen-bond acceptors (Lipinski definition) is 4. The molecular formula is C14H16N2O2S. The van der Waals surface area contributed by atoms with Crippen LogP contribution in [0, 0.1) is 6.92 Å². The Bertz CT molecular complexity index is 563. The molecule has 0 spiro atoms. The molecule has 0 aliphatic carbocycles. The molecule has 1 amide bonds. The van der Waals surface area contributed by atoms with E-state index >= 15 is 0 Å². The number of amides is 1. The normalized spacial score (nSPS) is 10.5. The van der Waals surface area contributed by atoms with Crippen LogP contribution in [-0.2, 0) is 16.1 Å². The van der Waals surface area contributed by atoms with Crippen molar-refractivity contribution < 1.29 is 9.63 Å². The third-order valence-corrected chi connectivity index (χ3v) is 3.68. The van der Waals surface area contributed by atoms with E-state index in [1.54, 1.807) is 7.05 Å². The van der Waals surface area contributed by atoms with E-state index in [0.29, 0.717) is 0 Å². The summed E-state index contributed by atoms with van der Waals surface area (Å²) in [6.07, 6.45) is 0.265. The van der Waals surface area contributed by atoms with E-state index < -0.39 is 0 Å². The van der Waals surface area contributed by atoms with Crippen LogP contribution in [-0.4, -0.2) is 30.1 Å². The van der Waals surface area contributed by atoms with Crippen molar-refractivity contribution in [2.24, 2.45) is 0 Å². The van der Waals surface area contributed by atoms with Crippen LogP contribution in [0.2, 0.25) is 0 Å². The zero-order valence-electron chi connectivity index (χ0n) is 11.2. The second-order valence-electron chi connectivity index (χ2n) is 4.24. The average Bonchev–Trinajstić information content (AvgIpc) is 2.87. The maximum atomic E-state index is 11.7. The van der Waals surface area contributed by atoms with Gasteiger partial charge >= 0.3 is 0 Å². The third-order valence-electron chi connectivity index (χ3n) is 2.83. The Kier molecular flexibility index (Phi) is 4.29. The fourth-order valence-corrected chi connectivity index (χ4v) is 2.39. The summed E-state index contributed by atoms with van der Waals surface area (Å²) in [7, 11) is 3.06. The maximum absolute atomic E-state index is 11.7. The number of benzene rings is 1. The lowest BCUT2D eigenvalue weighted by molar-refractivity contribution is -0.167. The van der Waals surface area contributed by atoms with Gasteiger partial charge in [0.05, 0.1) is 19.2 Å². The molecule has 4 nitrogen and oxygen atoms in total. The number of carbonyl (C=O) groups is 1. The minimum atomic E-state index is -0.104. The lowest BCUT2D eigenvalue weighted by atomic mass is 10.1. The van der Waals surface area contributed by atoms with Crippen LogP contribution in [0.25, 0.3) is 11.3 Å². The largest absolute Gasteiger partial charge is 0.275 e. The van der Waals surface area contributed by atoms with Gasteiger partial charge in [0, 0.05) is 18.0 Å². The van der Waals surface area contributed by atoms with Gasteiger partial charge in [-0.3, -0.25) is 9.63 Å². The van der Waals surface area contributed by atoms with Gasteiger partial charge in [0.25, 0.3) is 5.91 Å². The molecule has 1 aromatic carbocycles. The molecule has 19 heavy (non-hydrogen) atoms. The smallest absolute Gasteiger partial charge is 0.252 e. The number of rotatable bonds is 4. The zero-order valence-corrected chi connectivity index (χ0v) is 12.0. The Morgan fingerprint density at radius 1 is 1.37 bits per heavy atom. The van der Waals surface area contributed by atoms with Crippen LogP contribution < -0.4 is 0 Å². The summed E-state index contributed by atoms with van der Waals surface area (Å²) in [5.41, 5.74) is 3.20. The lowest BCUT2D eigenvalue weighted by Gasteiger charge is -2.11. The lowest BCUT2D eigenvalue weighted by Crippen LogP contribution is -2.26. The number of likely N-dealkylation sites (N-methyl/N-ethyl adjacent to an activating group) is 1. The number of aryl methyl sites for hydroxylation is 1. The van der Waals surface area contributed by atoms with Gasteiger partial charge in [-0.25, -0.2) is 10.0 Å². The van der Waals surface area contributed by atoms with E-state index in [1.807, 2.05) is 17.5 Å². The summed E-state index contributed by atoms with van der Waals surface area (Å²) in [6.45, 7) is 2.05. The Morgan fingerprint density at radius 2 is 2.05 bits per heavy atom. The molecular weight excluding hydrogens is 260 g/mol. The van der Waals surface area contributed by atoms with Crippen molar-refractivity contribution in [2.45, 2.75) is 13.3 Å². The number of nitrogens with zero attached hydrogens (tertiary/aromatic N) is 2. The van der Waals surface area contributed by atoms with Crippen LogP contribution in [0.4, 0.5) is 0 Å². The molecule has 0 radical (unpaired) electrons. The molecule has 0 saturated carbocycles. The first kappa shape index (κ1) is 13.7. The number of carbonyl (C=O) groups excluding carboxylic acids is 1. The van der Waals surface area contributed by atoms with Crippen molar-refractivity contribution in [3.63, 3.8) is 0 Å². The molecule has 0 unspecified atom stereocenters. The van der Waals surface area contributed by atoms with Gasteiger partial charge in [0.1, 0.15) is 5.01 Å². The maximum Gasteiger partial charge on any atom is 0.252 e. The summed E-state index contributed by atoms with van der Waals surface area (Å²) in [5.74, 6) is -0.104. The summed E-state index contributed by atoms with van der Waals surface area (Å²) in [6, 6.07) is 8.19. The molecule has 0 aliphatic rings. The molecule has 2 rings (SSSR count). The van der Waals surface area contributed by atoms with Crippen LogP contribution in [0.15, 0.2) is 29.6 Å². The third kappa shape index (κ3) is 3.39. The summed E-state index contributed by atoms with van der Waals surface area (Å²) < 4.78 is 0. The zero-order chi connectivity index (χ0) is 13.8. The predicted molar refractivity (Wildman–Crippen MR) is 75.8 cm³/mol. The van der Waals surface area contributed by atoms with E-state index in [0.717, 1.165) is 16.3 Å². The first-order valence-electron chi connectivity index (χ1n) is 5.92. The van der Waals surface area contributed by atoms with E-state index in [-0.39, 0.29) is 12.3 Å². The van der Waals surface area contributed by atoms with Crippen molar-refractivity contribution >= 4 is 17.2 Å². The van der Waals surface area contributed by atoms with E-state index in [4.69, 9.17) is 4.84 Å². The molecule has 0 fully saturated rings. The SMILES string of the molecule is CON(C)C(=O)Cc1nc(-c2ccc(C)cc2)cs1. The monoisotopic (exact) mass is 276 g/mol. The summed E-state index contributed by atoms with van der Waals surface area (Å²) in [5, 5.41) is 3.98. The first-order chi connectivity index (χ1) is 9.10. The molecule has 0 atom stereocenters. The molecule has 0 aliphatic heterocycles. The Hall–Kier alpha value is -1.72. The fraction of sp³-hybridized carbons (Fsp3) is 0.286. The number of hydrogen-bond donors (Lipinski definition) is 0. The van der Waals surface area contributed by atoms with E-state index in [9.17, 15) is 4.79 Å². The fourth-order valence-electron chi connectivity index (χ4n) is 1.59. The summed E-state index contributed by atoms with van der Waals surface area (Å²) in [4.78, 5) is 21.0. The summed E-state index contributed by atoms with van der Waals surface area (Å²) >= 11 is 1.49. The van der Waals surface area contributed by atoms with Crippen molar-refractivity contribution in [3.05, 3.63) is 40.2 Å². The minimum absolute atomic E-state index is 0.104. The van der Waals surface area contributed by atoms with Crippen molar-refractivity contribution in [3.8, 4) is 11.3 Å². The molecule has 100 valence electrons. The quantitative estimate of drug-likeness (QED) is 0.806. The van der Waals surface area contributed by atoms with Gasteiger partial charge in [-0.1, -0.05) is 29.8 Å². The van der Waals surface area contributed by atoms with Crippen LogP contribution in [0.5, 0.6) is 0 Å². The topological polar surface area (TPSA) is 42.4 Å². The highest BCUT2D eigenvalue weighted by molar-refractivity contribution is 7.10. The van der Waals surface area contributed by atoms with E-state index in [2.05, 4.69) is 24.0 Å². The number of aromatic nitrogens is 1. The molecule has 1 aromatic heterocycles. The van der Waals surface area contributed by atoms with Crippen LogP contribution >= 0.6 is 11.3 Å². The molecule has 0 bridgehead atoms. The highest BCUT2D eigenvalue weighted by Crippen LogP contribution is 2.22. The van der Waals surface area contributed by atoms with Crippen molar-refractivity contribution in [2.75, 3.05) is 14.2 Å². The molecule has 2 aromatic rings. The van der Waals surface area contributed by atoms with E-state index in [1.165, 1.54) is 29.1 Å². The highest BCUT2D eigenvalue weighted by Gasteiger charge is 2.12. The Balaban J connectivity index is 2.11. The van der Waals surface area contributed by atoms with Crippen LogP contribution in [0.1, 0.15) is 10.6 Å². The number of thiazole rings is 1. The van der Waals surface area contributed by atoms with Gasteiger partial charge in [-0.2, -0.15) is 0 Å². The van der Waals surface area contributed by atoms with Gasteiger partial charge in [-0.15, -0.1) is 11.3 Å². The standard InChI is InChI=1S/C14H16N2O2S/c1-10-4-6-11(7-5-10)12-9-19-13(15-12)8-14(17)16(2)18-3/h4-7,9H,8H2,1-3H3. The van der Waals surface area contributed by atoms with Crippen molar-refractivity contribution in [1.29, 1.82) is 0 Å². The predicted octanol–water partition coefficient (Wildman–Crippen LogP) is 2.68. The highest BCUT2D eigenvalue weighted by atomic mass is 32.1. The molecule has 0 N–H and O–H groups in total. The van der Waals surface area contributed by atoms with Gasteiger partial charge in [-0.05, 0) is 6.92 Å². The molecule has 0 saturated heterocycles. The van der Waals surface area contributed by atoms with Gasteiger partial charge in [0.15, 0.2) is 0 Å². The second-order valence-corrected chi connectivity index (χ2v) is 5.19. The minimum Gasteiger partial charge on any atom is -0.275 e. The van der Waals surface area contributed by atoms with Crippen molar-refractivity contribution in [1.82, 2.24) is 10.0 Å².